The molecule has 1 aromatic rings. The maximum absolute atomic E-state index is 10.4. The third-order valence-corrected chi connectivity index (χ3v) is 2.28. The highest BCUT2D eigenvalue weighted by Gasteiger charge is 1.99. The molecule has 0 bridgehead atoms. The highest BCUT2D eigenvalue weighted by atomic mass is 16.2. The Morgan fingerprint density at radius 2 is 2.22 bits per heavy atom. The van der Waals surface area contributed by atoms with E-state index in [-0.39, 0.29) is 0 Å². The normalized spacial score (nSPS) is 10.0. The van der Waals surface area contributed by atoms with Crippen molar-refractivity contribution < 1.29 is 4.79 Å². The Bertz CT molecular complexity index is 460. The first-order chi connectivity index (χ1) is 8.63. The van der Waals surface area contributed by atoms with E-state index in [0.29, 0.717) is 13.0 Å². The molecule has 0 heterocycles. The van der Waals surface area contributed by atoms with Gasteiger partial charge in [-0.1, -0.05) is 12.1 Å². The van der Waals surface area contributed by atoms with Gasteiger partial charge in [0.25, 0.3) is 0 Å². The average Bonchev–Trinajstić information content (AvgIpc) is 2.36. The van der Waals surface area contributed by atoms with Crippen LogP contribution in [0.25, 0.3) is 0 Å². The van der Waals surface area contributed by atoms with Crippen LogP contribution < -0.4 is 16.1 Å². The van der Waals surface area contributed by atoms with Gasteiger partial charge in [0.05, 0.1) is 18.7 Å². The molecular formula is C12H15N5O. The molecule has 6 nitrogen and oxygen atoms in total. The van der Waals surface area contributed by atoms with Crippen LogP contribution in [0.4, 0.5) is 10.5 Å². The van der Waals surface area contributed by atoms with Crippen LogP contribution in [0.2, 0.25) is 0 Å². The number of carbonyl (C=O) groups is 1. The number of hydrazone groups is 1. The summed E-state index contributed by atoms with van der Waals surface area (Å²) in [4.78, 5) is 12.4. The largest absolute Gasteiger partial charge is 0.374 e. The molecule has 0 fully saturated rings. The van der Waals surface area contributed by atoms with Crippen LogP contribution in [-0.4, -0.2) is 25.8 Å². The van der Waals surface area contributed by atoms with Crippen molar-refractivity contribution in [2.24, 2.45) is 10.8 Å². The van der Waals surface area contributed by atoms with Gasteiger partial charge in [0.15, 0.2) is 0 Å². The highest BCUT2D eigenvalue weighted by molar-refractivity contribution is 5.82. The number of nitrogens with two attached hydrogens (primary N) is 1. The van der Waals surface area contributed by atoms with E-state index < -0.39 is 6.03 Å². The Labute approximate surface area is 106 Å². The summed E-state index contributed by atoms with van der Waals surface area (Å²) in [6, 6.07) is 8.98. The summed E-state index contributed by atoms with van der Waals surface area (Å²) in [6.07, 6.45) is 1.99. The SMILES string of the molecule is CN(CCC#N)c1ccc(/C=N\NC(N)=O)cc1. The van der Waals surface area contributed by atoms with Crippen molar-refractivity contribution in [3.05, 3.63) is 29.8 Å². The quantitative estimate of drug-likeness (QED) is 0.599. The van der Waals surface area contributed by atoms with E-state index in [1.807, 2.05) is 36.2 Å². The number of rotatable bonds is 5. The summed E-state index contributed by atoms with van der Waals surface area (Å²) < 4.78 is 0. The summed E-state index contributed by atoms with van der Waals surface area (Å²) in [6.45, 7) is 0.688. The van der Waals surface area contributed by atoms with Crippen molar-refractivity contribution in [3.63, 3.8) is 0 Å². The minimum atomic E-state index is -0.695. The average molecular weight is 245 g/mol. The number of nitrogens with zero attached hydrogens (tertiary/aromatic N) is 3. The molecule has 1 aromatic carbocycles. The maximum atomic E-state index is 10.4. The van der Waals surface area contributed by atoms with E-state index in [1.54, 1.807) is 0 Å². The monoisotopic (exact) mass is 245 g/mol. The summed E-state index contributed by atoms with van der Waals surface area (Å²) in [5.74, 6) is 0. The van der Waals surface area contributed by atoms with Gasteiger partial charge in [0.2, 0.25) is 0 Å². The molecule has 0 radical (unpaired) electrons. The van der Waals surface area contributed by atoms with Gasteiger partial charge >= 0.3 is 6.03 Å². The zero-order valence-corrected chi connectivity index (χ0v) is 10.1. The van der Waals surface area contributed by atoms with Crippen LogP contribution in [-0.2, 0) is 0 Å². The molecule has 0 unspecified atom stereocenters. The standard InChI is InChI=1S/C12H15N5O/c1-17(8-2-7-13)11-5-3-10(4-6-11)9-15-16-12(14)18/h3-6,9H,2,8H2,1H3,(H3,14,16,18)/b15-9-. The predicted molar refractivity (Wildman–Crippen MR) is 70.3 cm³/mol. The van der Waals surface area contributed by atoms with Crippen molar-refractivity contribution in [2.45, 2.75) is 6.42 Å². The number of amides is 2. The second-order valence-electron chi connectivity index (χ2n) is 3.66. The van der Waals surface area contributed by atoms with E-state index in [1.165, 1.54) is 6.21 Å². The predicted octanol–water partition coefficient (Wildman–Crippen LogP) is 1.04. The van der Waals surface area contributed by atoms with Gasteiger partial charge < -0.3 is 10.6 Å². The molecule has 3 N–H and O–H groups in total. The minimum absolute atomic E-state index is 0.488. The number of nitriles is 1. The first kappa shape index (κ1) is 13.5. The smallest absolute Gasteiger partial charge is 0.332 e. The number of carbonyl (C=O) groups excluding carboxylic acids is 1. The third-order valence-electron chi connectivity index (χ3n) is 2.28. The molecule has 0 aliphatic heterocycles. The van der Waals surface area contributed by atoms with Crippen molar-refractivity contribution >= 4 is 17.9 Å². The summed E-state index contributed by atoms with van der Waals surface area (Å²) in [7, 11) is 1.93. The van der Waals surface area contributed by atoms with Gasteiger partial charge in [-0.25, -0.2) is 10.2 Å². The van der Waals surface area contributed by atoms with Crippen LogP contribution in [0.15, 0.2) is 29.4 Å². The van der Waals surface area contributed by atoms with E-state index in [4.69, 9.17) is 11.0 Å². The van der Waals surface area contributed by atoms with Gasteiger partial charge in [0, 0.05) is 19.3 Å². The zero-order chi connectivity index (χ0) is 13.4. The second-order valence-corrected chi connectivity index (χ2v) is 3.66. The van der Waals surface area contributed by atoms with Crippen LogP contribution >= 0.6 is 0 Å². The number of primary amides is 1. The molecule has 0 aliphatic rings. The Morgan fingerprint density at radius 1 is 1.56 bits per heavy atom. The van der Waals surface area contributed by atoms with Gasteiger partial charge in [0.1, 0.15) is 0 Å². The lowest BCUT2D eigenvalue weighted by Crippen LogP contribution is -2.24. The lowest BCUT2D eigenvalue weighted by molar-refractivity contribution is 0.249. The van der Waals surface area contributed by atoms with Gasteiger partial charge in [-0.2, -0.15) is 10.4 Å². The molecule has 6 heteroatoms. The van der Waals surface area contributed by atoms with Crippen LogP contribution in [0.5, 0.6) is 0 Å². The number of hydrogen-bond donors (Lipinski definition) is 2. The number of urea groups is 1. The molecule has 0 saturated heterocycles. The van der Waals surface area contributed by atoms with Crippen molar-refractivity contribution in [1.82, 2.24) is 5.43 Å². The van der Waals surface area contributed by atoms with E-state index in [2.05, 4.69) is 16.6 Å². The lowest BCUT2D eigenvalue weighted by atomic mass is 10.2. The molecule has 0 saturated carbocycles. The fourth-order valence-corrected chi connectivity index (χ4v) is 1.33. The zero-order valence-electron chi connectivity index (χ0n) is 10.1. The van der Waals surface area contributed by atoms with Crippen molar-refractivity contribution in [3.8, 4) is 6.07 Å². The Kier molecular flexibility index (Phi) is 5.19. The first-order valence-electron chi connectivity index (χ1n) is 5.40. The van der Waals surface area contributed by atoms with Gasteiger partial charge in [-0.3, -0.25) is 0 Å². The summed E-state index contributed by atoms with van der Waals surface area (Å²) in [5, 5.41) is 12.2. The highest BCUT2D eigenvalue weighted by Crippen LogP contribution is 2.13. The molecule has 1 rings (SSSR count). The van der Waals surface area contributed by atoms with Crippen LogP contribution in [0, 0.1) is 11.3 Å². The molecule has 0 aromatic heterocycles. The number of anilines is 1. The number of benzene rings is 1. The molecular weight excluding hydrogens is 230 g/mol. The lowest BCUT2D eigenvalue weighted by Gasteiger charge is -2.17. The third kappa shape index (κ3) is 4.53. The first-order valence-corrected chi connectivity index (χ1v) is 5.40. The fourth-order valence-electron chi connectivity index (χ4n) is 1.33. The molecule has 18 heavy (non-hydrogen) atoms. The van der Waals surface area contributed by atoms with Gasteiger partial charge in [-0.05, 0) is 17.7 Å². The Hall–Kier alpha value is -2.55. The summed E-state index contributed by atoms with van der Waals surface area (Å²) in [5.41, 5.74) is 8.86. The number of nitrogens with one attached hydrogen (secondary N) is 1. The molecule has 0 aliphatic carbocycles. The molecule has 0 atom stereocenters. The molecule has 2 amide bonds. The molecule has 94 valence electrons. The Balaban J connectivity index is 2.60. The van der Waals surface area contributed by atoms with E-state index in [9.17, 15) is 4.79 Å². The Morgan fingerprint density at radius 3 is 2.78 bits per heavy atom. The second kappa shape index (κ2) is 6.91. The summed E-state index contributed by atoms with van der Waals surface area (Å²) >= 11 is 0. The van der Waals surface area contributed by atoms with Crippen LogP contribution in [0.1, 0.15) is 12.0 Å². The van der Waals surface area contributed by atoms with E-state index >= 15 is 0 Å². The minimum Gasteiger partial charge on any atom is -0.374 e. The van der Waals surface area contributed by atoms with Gasteiger partial charge in [-0.15, -0.1) is 0 Å². The molecule has 0 spiro atoms. The van der Waals surface area contributed by atoms with Crippen molar-refractivity contribution in [2.75, 3.05) is 18.5 Å². The maximum Gasteiger partial charge on any atom is 0.332 e. The topological polar surface area (TPSA) is 94.5 Å². The fraction of sp³-hybridized carbons (Fsp3) is 0.250. The number of hydrogen-bond acceptors (Lipinski definition) is 4. The van der Waals surface area contributed by atoms with E-state index in [0.717, 1.165) is 11.3 Å². The van der Waals surface area contributed by atoms with Crippen molar-refractivity contribution in [1.29, 1.82) is 5.26 Å². The van der Waals surface area contributed by atoms with Crippen LogP contribution in [0.3, 0.4) is 0 Å².